The maximum Gasteiger partial charge on any atom is 0.288 e. The summed E-state index contributed by atoms with van der Waals surface area (Å²) in [5, 5.41) is 23.7. The van der Waals surface area contributed by atoms with Crippen LogP contribution in [0.4, 0.5) is 5.69 Å². The van der Waals surface area contributed by atoms with Crippen molar-refractivity contribution in [1.82, 2.24) is 5.32 Å². The Bertz CT molecular complexity index is 840. The van der Waals surface area contributed by atoms with Crippen molar-refractivity contribution >= 4 is 23.2 Å². The van der Waals surface area contributed by atoms with E-state index in [1.54, 1.807) is 12.1 Å². The number of rotatable bonds is 5. The molecule has 8 heteroatoms. The van der Waals surface area contributed by atoms with Crippen molar-refractivity contribution in [3.63, 3.8) is 0 Å². The number of amides is 1. The maximum atomic E-state index is 12.1. The van der Waals surface area contributed by atoms with Gasteiger partial charge in [-0.1, -0.05) is 17.7 Å². The first kappa shape index (κ1) is 17.2. The van der Waals surface area contributed by atoms with Crippen molar-refractivity contribution in [2.24, 2.45) is 0 Å². The highest BCUT2D eigenvalue weighted by Crippen LogP contribution is 2.28. The highest BCUT2D eigenvalue weighted by molar-refractivity contribution is 6.32. The number of carbonyl (C=O) groups excluding carboxylic acids is 1. The van der Waals surface area contributed by atoms with Gasteiger partial charge in [0, 0.05) is 24.6 Å². The number of nitrogens with one attached hydrogen (secondary N) is 1. The number of nitrogens with zero attached hydrogens (tertiary/aromatic N) is 1. The van der Waals surface area contributed by atoms with Crippen LogP contribution >= 0.6 is 11.6 Å². The number of carbonyl (C=O) groups is 1. The molecule has 2 N–H and O–H groups in total. The standard InChI is InChI=1S/C17H15ClN2O5/c18-13-3-1-12(8-14(13)20(23)24)17(22)19-9-15(21)10-2-4-16-11(7-10)5-6-25-16/h1-4,7-8,15,21H,5-6,9H2,(H,19,22). The minimum absolute atomic E-state index is 0.0189. The van der Waals surface area contributed by atoms with Crippen LogP contribution in [0.15, 0.2) is 36.4 Å². The number of hydrogen-bond donors (Lipinski definition) is 2. The Labute approximate surface area is 148 Å². The Balaban J connectivity index is 1.66. The lowest BCUT2D eigenvalue weighted by Gasteiger charge is -2.13. The van der Waals surface area contributed by atoms with Crippen LogP contribution in [0, 0.1) is 10.1 Å². The highest BCUT2D eigenvalue weighted by Gasteiger charge is 2.18. The molecule has 2 aromatic carbocycles. The molecule has 7 nitrogen and oxygen atoms in total. The summed E-state index contributed by atoms with van der Waals surface area (Å²) >= 11 is 5.73. The molecule has 0 saturated heterocycles. The summed E-state index contributed by atoms with van der Waals surface area (Å²) in [5.74, 6) is 0.289. The van der Waals surface area contributed by atoms with Crippen molar-refractivity contribution in [3.05, 3.63) is 68.2 Å². The molecule has 1 amide bonds. The Kier molecular flexibility index (Phi) is 4.87. The quantitative estimate of drug-likeness (QED) is 0.629. The SMILES string of the molecule is O=C(NCC(O)c1ccc2c(c1)CCO2)c1ccc(Cl)c([N+](=O)[O-])c1. The number of benzene rings is 2. The van der Waals surface area contributed by atoms with Gasteiger partial charge in [0.05, 0.1) is 17.6 Å². The molecule has 130 valence electrons. The Morgan fingerprint density at radius 2 is 2.16 bits per heavy atom. The highest BCUT2D eigenvalue weighted by atomic mass is 35.5. The largest absolute Gasteiger partial charge is 0.493 e. The minimum Gasteiger partial charge on any atom is -0.493 e. The van der Waals surface area contributed by atoms with Gasteiger partial charge in [0.15, 0.2) is 0 Å². The van der Waals surface area contributed by atoms with Gasteiger partial charge in [0.25, 0.3) is 11.6 Å². The normalized spacial score (nSPS) is 13.7. The van der Waals surface area contributed by atoms with Gasteiger partial charge in [-0.2, -0.15) is 0 Å². The number of ether oxygens (including phenoxy) is 1. The average molecular weight is 363 g/mol. The van der Waals surface area contributed by atoms with Crippen molar-refractivity contribution < 1.29 is 19.6 Å². The average Bonchev–Trinajstić information content (AvgIpc) is 3.07. The predicted octanol–water partition coefficient (Wildman–Crippen LogP) is 2.65. The van der Waals surface area contributed by atoms with Gasteiger partial charge in [-0.15, -0.1) is 0 Å². The Morgan fingerprint density at radius 1 is 1.36 bits per heavy atom. The third kappa shape index (κ3) is 3.72. The van der Waals surface area contributed by atoms with Gasteiger partial charge < -0.3 is 15.2 Å². The summed E-state index contributed by atoms with van der Waals surface area (Å²) in [6.07, 6.45) is -0.103. The number of nitro groups is 1. The molecule has 1 heterocycles. The van der Waals surface area contributed by atoms with Gasteiger partial charge in [0.2, 0.25) is 0 Å². The summed E-state index contributed by atoms with van der Waals surface area (Å²) in [6.45, 7) is 0.607. The molecule has 1 aliphatic heterocycles. The van der Waals surface area contributed by atoms with E-state index < -0.39 is 16.9 Å². The van der Waals surface area contributed by atoms with Crippen molar-refractivity contribution in [2.45, 2.75) is 12.5 Å². The van der Waals surface area contributed by atoms with Crippen LogP contribution in [0.25, 0.3) is 0 Å². The van der Waals surface area contributed by atoms with E-state index in [2.05, 4.69) is 5.32 Å². The molecule has 1 unspecified atom stereocenters. The summed E-state index contributed by atoms with van der Waals surface area (Å²) in [6, 6.07) is 9.19. The molecule has 1 aliphatic rings. The van der Waals surface area contributed by atoms with Gasteiger partial charge in [-0.05, 0) is 35.4 Å². The number of aliphatic hydroxyl groups is 1. The molecule has 3 rings (SSSR count). The zero-order valence-corrected chi connectivity index (χ0v) is 13.8. The maximum absolute atomic E-state index is 12.1. The number of hydrogen-bond acceptors (Lipinski definition) is 5. The van der Waals surface area contributed by atoms with E-state index >= 15 is 0 Å². The second-order valence-electron chi connectivity index (χ2n) is 5.61. The predicted molar refractivity (Wildman–Crippen MR) is 91.0 cm³/mol. The van der Waals surface area contributed by atoms with Crippen molar-refractivity contribution in [3.8, 4) is 5.75 Å². The monoisotopic (exact) mass is 362 g/mol. The van der Waals surface area contributed by atoms with Crippen LogP contribution in [-0.4, -0.2) is 29.1 Å². The second kappa shape index (κ2) is 7.08. The lowest BCUT2D eigenvalue weighted by molar-refractivity contribution is -0.384. The minimum atomic E-state index is -0.892. The first-order valence-electron chi connectivity index (χ1n) is 7.61. The van der Waals surface area contributed by atoms with Gasteiger partial charge in [-0.3, -0.25) is 14.9 Å². The number of halogens is 1. The zero-order valence-electron chi connectivity index (χ0n) is 13.1. The number of aliphatic hydroxyl groups excluding tert-OH is 1. The fourth-order valence-corrected chi connectivity index (χ4v) is 2.80. The number of nitro benzene ring substituents is 1. The third-order valence-corrected chi connectivity index (χ3v) is 4.28. The molecule has 1 atom stereocenters. The molecule has 0 aliphatic carbocycles. The number of fused-ring (bicyclic) bond motifs is 1. The van der Waals surface area contributed by atoms with Gasteiger partial charge >= 0.3 is 0 Å². The van der Waals surface area contributed by atoms with E-state index in [0.717, 1.165) is 23.8 Å². The molecule has 0 bridgehead atoms. The Hall–Kier alpha value is -2.64. The van der Waals surface area contributed by atoms with E-state index in [1.165, 1.54) is 12.1 Å². The zero-order chi connectivity index (χ0) is 18.0. The molecule has 25 heavy (non-hydrogen) atoms. The molecular formula is C17H15ClN2O5. The Morgan fingerprint density at radius 3 is 2.92 bits per heavy atom. The fraction of sp³-hybridized carbons (Fsp3) is 0.235. The van der Waals surface area contributed by atoms with Crippen molar-refractivity contribution in [1.29, 1.82) is 0 Å². The van der Waals surface area contributed by atoms with Crippen LogP contribution in [-0.2, 0) is 6.42 Å². The summed E-state index contributed by atoms with van der Waals surface area (Å²) < 4.78 is 5.41. The van der Waals surface area contributed by atoms with E-state index in [1.807, 2.05) is 6.07 Å². The van der Waals surface area contributed by atoms with E-state index in [9.17, 15) is 20.0 Å². The molecule has 0 radical (unpaired) electrons. The summed E-state index contributed by atoms with van der Waals surface area (Å²) in [7, 11) is 0. The molecular weight excluding hydrogens is 348 g/mol. The van der Waals surface area contributed by atoms with Crippen molar-refractivity contribution in [2.75, 3.05) is 13.2 Å². The van der Waals surface area contributed by atoms with Crippen LogP contribution in [0.2, 0.25) is 5.02 Å². The molecule has 2 aromatic rings. The fourth-order valence-electron chi connectivity index (χ4n) is 2.62. The lowest BCUT2D eigenvalue weighted by atomic mass is 10.0. The first-order chi connectivity index (χ1) is 12.0. The van der Waals surface area contributed by atoms with E-state index in [-0.39, 0.29) is 22.8 Å². The van der Waals surface area contributed by atoms with E-state index in [4.69, 9.17) is 16.3 Å². The topological polar surface area (TPSA) is 102 Å². The molecule has 0 fully saturated rings. The third-order valence-electron chi connectivity index (χ3n) is 3.96. The van der Waals surface area contributed by atoms with Crippen LogP contribution in [0.1, 0.15) is 27.6 Å². The van der Waals surface area contributed by atoms with E-state index in [0.29, 0.717) is 12.2 Å². The van der Waals surface area contributed by atoms with Gasteiger partial charge in [-0.25, -0.2) is 0 Å². The second-order valence-corrected chi connectivity index (χ2v) is 6.02. The van der Waals surface area contributed by atoms with Gasteiger partial charge in [0.1, 0.15) is 10.8 Å². The summed E-state index contributed by atoms with van der Waals surface area (Å²) in [4.78, 5) is 22.4. The molecule has 0 aromatic heterocycles. The molecule has 0 saturated carbocycles. The van der Waals surface area contributed by atoms with Crippen LogP contribution in [0.5, 0.6) is 5.75 Å². The molecule has 0 spiro atoms. The first-order valence-corrected chi connectivity index (χ1v) is 7.99. The van der Waals surface area contributed by atoms with Crippen LogP contribution < -0.4 is 10.1 Å². The lowest BCUT2D eigenvalue weighted by Crippen LogP contribution is -2.28. The smallest absolute Gasteiger partial charge is 0.288 e. The van der Waals surface area contributed by atoms with Crippen LogP contribution in [0.3, 0.4) is 0 Å². The summed E-state index contributed by atoms with van der Waals surface area (Å²) in [5.41, 5.74) is 1.46.